The van der Waals surface area contributed by atoms with Crippen molar-refractivity contribution in [3.05, 3.63) is 44.5 Å². The Bertz CT molecular complexity index is 537. The highest BCUT2D eigenvalue weighted by Crippen LogP contribution is 2.15. The van der Waals surface area contributed by atoms with E-state index in [1.54, 1.807) is 12.2 Å². The Morgan fingerprint density at radius 1 is 0.793 bits per heavy atom. The van der Waals surface area contributed by atoms with Crippen molar-refractivity contribution in [3.8, 4) is 0 Å². The summed E-state index contributed by atoms with van der Waals surface area (Å²) in [6.45, 7) is 1.91. The predicted molar refractivity (Wildman–Crippen MR) is 110 cm³/mol. The number of aliphatic hydroxyl groups excluding tert-OH is 2. The van der Waals surface area contributed by atoms with Gasteiger partial charge in [-0.05, 0) is 32.1 Å². The summed E-state index contributed by atoms with van der Waals surface area (Å²) in [5.74, 6) is 0. The van der Waals surface area contributed by atoms with Crippen LogP contribution in [0.3, 0.4) is 0 Å². The van der Waals surface area contributed by atoms with E-state index in [1.165, 1.54) is 12.2 Å². The van der Waals surface area contributed by atoms with Gasteiger partial charge in [-0.15, -0.1) is 0 Å². The van der Waals surface area contributed by atoms with Gasteiger partial charge in [0.1, 0.15) is 18.5 Å². The molecule has 0 spiro atoms. The molecule has 166 valence electrons. The lowest BCUT2D eigenvalue weighted by atomic mass is 10.00. The maximum atomic E-state index is 11.2. The SMILES string of the molecule is CC/C=C\CC(C(O)C/C=C\CC(O)C(CCCCCCC=O)[N+](=O)[O-])[N+](=O)[O-]. The van der Waals surface area contributed by atoms with Crippen LogP contribution in [-0.2, 0) is 4.79 Å². The molecule has 2 N–H and O–H groups in total. The fourth-order valence-electron chi connectivity index (χ4n) is 2.94. The molecule has 4 atom stereocenters. The average Bonchev–Trinajstić information content (AvgIpc) is 2.67. The fourth-order valence-corrected chi connectivity index (χ4v) is 2.94. The molecule has 9 nitrogen and oxygen atoms in total. The van der Waals surface area contributed by atoms with Gasteiger partial charge >= 0.3 is 0 Å². The Morgan fingerprint density at radius 2 is 1.31 bits per heavy atom. The van der Waals surface area contributed by atoms with Gasteiger partial charge in [-0.2, -0.15) is 0 Å². The quantitative estimate of drug-likeness (QED) is 0.115. The molecule has 0 aromatic heterocycles. The molecular weight excluding hydrogens is 380 g/mol. The molecule has 0 saturated carbocycles. The van der Waals surface area contributed by atoms with Gasteiger partial charge in [0, 0.05) is 29.1 Å². The molecule has 4 unspecified atom stereocenters. The molecule has 0 aliphatic heterocycles. The zero-order valence-corrected chi connectivity index (χ0v) is 17.1. The Hall–Kier alpha value is -2.13. The van der Waals surface area contributed by atoms with Crippen LogP contribution in [0.5, 0.6) is 0 Å². The molecule has 0 aliphatic rings. The highest BCUT2D eigenvalue weighted by Gasteiger charge is 2.29. The molecule has 0 fully saturated rings. The van der Waals surface area contributed by atoms with E-state index in [1.807, 2.05) is 6.92 Å². The monoisotopic (exact) mass is 414 g/mol. The summed E-state index contributed by atoms with van der Waals surface area (Å²) in [7, 11) is 0. The first-order valence-corrected chi connectivity index (χ1v) is 10.2. The molecule has 0 aromatic carbocycles. The van der Waals surface area contributed by atoms with Crippen LogP contribution in [0, 0.1) is 20.2 Å². The van der Waals surface area contributed by atoms with Gasteiger partial charge in [-0.25, -0.2) is 0 Å². The standard InChI is InChI=1S/C20H34N2O7/c1-2-3-7-12-17(21(26)27)19(24)14-9-10-15-20(25)18(22(28)29)13-8-5-4-6-11-16-23/h3,7,9-10,16-20,24-25H,2,4-6,8,11-15H2,1H3/b7-3-,10-9-. The minimum Gasteiger partial charge on any atom is -0.386 e. The molecule has 0 heterocycles. The third-order valence-corrected chi connectivity index (χ3v) is 4.70. The van der Waals surface area contributed by atoms with Gasteiger partial charge in [0.15, 0.2) is 0 Å². The molecule has 0 radical (unpaired) electrons. The van der Waals surface area contributed by atoms with E-state index in [-0.39, 0.29) is 25.7 Å². The highest BCUT2D eigenvalue weighted by atomic mass is 16.6. The summed E-state index contributed by atoms with van der Waals surface area (Å²) in [5, 5.41) is 42.4. The number of nitrogens with zero attached hydrogens (tertiary/aromatic N) is 2. The van der Waals surface area contributed by atoms with Crippen LogP contribution in [0.4, 0.5) is 0 Å². The van der Waals surface area contributed by atoms with E-state index in [0.29, 0.717) is 12.8 Å². The lowest BCUT2D eigenvalue weighted by Crippen LogP contribution is -2.33. The van der Waals surface area contributed by atoms with Gasteiger partial charge in [0.25, 0.3) is 0 Å². The van der Waals surface area contributed by atoms with Crippen molar-refractivity contribution in [2.75, 3.05) is 0 Å². The summed E-state index contributed by atoms with van der Waals surface area (Å²) in [6.07, 6.45) is 9.70. The molecule has 0 aliphatic carbocycles. The molecule has 0 rings (SSSR count). The van der Waals surface area contributed by atoms with Crippen molar-refractivity contribution < 1.29 is 24.9 Å². The summed E-state index contributed by atoms with van der Waals surface area (Å²) in [6, 6.07) is -2.19. The van der Waals surface area contributed by atoms with Crippen LogP contribution in [0.15, 0.2) is 24.3 Å². The number of nitro groups is 2. The van der Waals surface area contributed by atoms with Crippen LogP contribution in [0.1, 0.15) is 71.1 Å². The number of hydrogen-bond acceptors (Lipinski definition) is 7. The molecular formula is C20H34N2O7. The van der Waals surface area contributed by atoms with Gasteiger partial charge in [0.2, 0.25) is 12.1 Å². The van der Waals surface area contributed by atoms with Crippen molar-refractivity contribution >= 4 is 6.29 Å². The van der Waals surface area contributed by atoms with E-state index >= 15 is 0 Å². The molecule has 0 saturated heterocycles. The van der Waals surface area contributed by atoms with Crippen molar-refractivity contribution in [1.29, 1.82) is 0 Å². The topological polar surface area (TPSA) is 144 Å². The maximum Gasteiger partial charge on any atom is 0.242 e. The van der Waals surface area contributed by atoms with Crippen LogP contribution >= 0.6 is 0 Å². The number of hydrogen-bond donors (Lipinski definition) is 2. The van der Waals surface area contributed by atoms with Crippen molar-refractivity contribution in [2.24, 2.45) is 0 Å². The minimum absolute atomic E-state index is 0.0399. The summed E-state index contributed by atoms with van der Waals surface area (Å²) in [5.41, 5.74) is 0. The highest BCUT2D eigenvalue weighted by molar-refractivity contribution is 5.48. The molecule has 29 heavy (non-hydrogen) atoms. The molecule has 9 heteroatoms. The number of unbranched alkanes of at least 4 members (excludes halogenated alkanes) is 4. The normalized spacial score (nSPS) is 16.0. The van der Waals surface area contributed by atoms with Crippen LogP contribution in [0.25, 0.3) is 0 Å². The first kappa shape index (κ1) is 26.9. The maximum absolute atomic E-state index is 11.2. The van der Waals surface area contributed by atoms with E-state index in [4.69, 9.17) is 0 Å². The number of carbonyl (C=O) groups is 1. The number of aldehydes is 1. The Kier molecular flexibility index (Phi) is 15.6. The number of aliphatic hydroxyl groups is 2. The second kappa shape index (κ2) is 16.8. The third-order valence-electron chi connectivity index (χ3n) is 4.70. The van der Waals surface area contributed by atoms with Crippen LogP contribution in [0.2, 0.25) is 0 Å². The molecule has 0 aromatic rings. The number of rotatable bonds is 18. The Balaban J connectivity index is 4.43. The van der Waals surface area contributed by atoms with Gasteiger partial charge < -0.3 is 15.0 Å². The van der Waals surface area contributed by atoms with Gasteiger partial charge in [0.05, 0.1) is 0 Å². The number of carbonyl (C=O) groups excluding carboxylic acids is 1. The third kappa shape index (κ3) is 12.8. The second-order valence-corrected chi connectivity index (χ2v) is 7.06. The summed E-state index contributed by atoms with van der Waals surface area (Å²) in [4.78, 5) is 31.5. The number of allylic oxidation sites excluding steroid dienone is 1. The molecule has 0 bridgehead atoms. The van der Waals surface area contributed by atoms with Crippen LogP contribution in [-0.4, -0.2) is 50.6 Å². The van der Waals surface area contributed by atoms with E-state index < -0.39 is 34.1 Å². The van der Waals surface area contributed by atoms with Gasteiger partial charge in [-0.3, -0.25) is 20.2 Å². The van der Waals surface area contributed by atoms with Crippen LogP contribution < -0.4 is 0 Å². The van der Waals surface area contributed by atoms with Crippen molar-refractivity contribution in [1.82, 2.24) is 0 Å². The molecule has 0 amide bonds. The van der Waals surface area contributed by atoms with E-state index in [9.17, 15) is 35.2 Å². The zero-order valence-electron chi connectivity index (χ0n) is 17.1. The first-order chi connectivity index (χ1) is 13.8. The fraction of sp³-hybridized carbons (Fsp3) is 0.750. The second-order valence-electron chi connectivity index (χ2n) is 7.06. The zero-order chi connectivity index (χ0) is 22.1. The average molecular weight is 414 g/mol. The Morgan fingerprint density at radius 3 is 1.83 bits per heavy atom. The van der Waals surface area contributed by atoms with Crippen molar-refractivity contribution in [3.63, 3.8) is 0 Å². The largest absolute Gasteiger partial charge is 0.386 e. The van der Waals surface area contributed by atoms with E-state index in [0.717, 1.165) is 32.0 Å². The first-order valence-electron chi connectivity index (χ1n) is 10.2. The smallest absolute Gasteiger partial charge is 0.242 e. The lowest BCUT2D eigenvalue weighted by molar-refractivity contribution is -0.535. The Labute approximate surface area is 171 Å². The summed E-state index contributed by atoms with van der Waals surface area (Å²) < 4.78 is 0. The van der Waals surface area contributed by atoms with Crippen molar-refractivity contribution in [2.45, 2.75) is 95.4 Å². The minimum atomic E-state index is -1.17. The summed E-state index contributed by atoms with van der Waals surface area (Å²) >= 11 is 0. The predicted octanol–water partition coefficient (Wildman–Crippen LogP) is 3.23. The van der Waals surface area contributed by atoms with E-state index in [2.05, 4.69) is 0 Å². The van der Waals surface area contributed by atoms with Gasteiger partial charge in [-0.1, -0.05) is 44.1 Å². The lowest BCUT2D eigenvalue weighted by Gasteiger charge is -2.15.